The molecule has 4 nitrogen and oxygen atoms in total. The van der Waals surface area contributed by atoms with E-state index in [1.165, 1.54) is 6.42 Å². The Bertz CT molecular complexity index is 196. The largest absolute Gasteiger partial charge is 0.358 e. The molecule has 1 aliphatic heterocycles. The molecule has 0 radical (unpaired) electrons. The summed E-state index contributed by atoms with van der Waals surface area (Å²) in [7, 11) is 1.72. The van der Waals surface area contributed by atoms with Gasteiger partial charge in [-0.05, 0) is 45.3 Å². The number of likely N-dealkylation sites (tertiary alicyclic amines) is 1. The van der Waals surface area contributed by atoms with Crippen LogP contribution < -0.4 is 11.1 Å². The van der Waals surface area contributed by atoms with E-state index < -0.39 is 0 Å². The monoisotopic (exact) mass is 213 g/mol. The van der Waals surface area contributed by atoms with Gasteiger partial charge in [-0.25, -0.2) is 0 Å². The molecule has 1 aliphatic rings. The molecule has 1 atom stereocenters. The van der Waals surface area contributed by atoms with E-state index in [-0.39, 0.29) is 11.9 Å². The fourth-order valence-corrected chi connectivity index (χ4v) is 2.19. The zero-order chi connectivity index (χ0) is 11.1. The van der Waals surface area contributed by atoms with Crippen LogP contribution in [0.5, 0.6) is 0 Å². The Balaban J connectivity index is 2.24. The molecule has 0 bridgehead atoms. The van der Waals surface area contributed by atoms with Crippen molar-refractivity contribution in [2.45, 2.75) is 38.1 Å². The van der Waals surface area contributed by atoms with Gasteiger partial charge in [0.05, 0.1) is 6.04 Å². The molecule has 4 heteroatoms. The Morgan fingerprint density at radius 3 is 2.93 bits per heavy atom. The average Bonchev–Trinajstić information content (AvgIpc) is 2.71. The van der Waals surface area contributed by atoms with Crippen LogP contribution in [0.2, 0.25) is 0 Å². The summed E-state index contributed by atoms with van der Waals surface area (Å²) in [6.07, 6.45) is 5.59. The van der Waals surface area contributed by atoms with Gasteiger partial charge in [-0.15, -0.1) is 0 Å². The third kappa shape index (κ3) is 3.80. The van der Waals surface area contributed by atoms with E-state index in [4.69, 9.17) is 5.73 Å². The molecule has 0 aromatic rings. The minimum atomic E-state index is 0.118. The maximum absolute atomic E-state index is 11.5. The second-order valence-electron chi connectivity index (χ2n) is 4.16. The summed E-state index contributed by atoms with van der Waals surface area (Å²) in [6.45, 7) is 2.89. The van der Waals surface area contributed by atoms with Gasteiger partial charge in [0.1, 0.15) is 0 Å². The van der Waals surface area contributed by atoms with Gasteiger partial charge in [0, 0.05) is 7.05 Å². The molecule has 0 saturated carbocycles. The number of unbranched alkanes of at least 4 members (excludes halogenated alkanes) is 2. The predicted octanol–water partition coefficient (Wildman–Crippen LogP) is 0.326. The predicted molar refractivity (Wildman–Crippen MR) is 61.6 cm³/mol. The first kappa shape index (κ1) is 12.5. The Labute approximate surface area is 92.2 Å². The lowest BCUT2D eigenvalue weighted by atomic mass is 10.2. The number of carbonyl (C=O) groups is 1. The van der Waals surface area contributed by atoms with Crippen molar-refractivity contribution in [2.75, 3.05) is 26.7 Å². The molecule has 1 rings (SSSR count). The Kier molecular flexibility index (Phi) is 5.65. The van der Waals surface area contributed by atoms with Crippen molar-refractivity contribution < 1.29 is 4.79 Å². The highest BCUT2D eigenvalue weighted by Gasteiger charge is 2.28. The van der Waals surface area contributed by atoms with E-state index in [0.717, 1.165) is 45.3 Å². The lowest BCUT2D eigenvalue weighted by Gasteiger charge is -2.22. The van der Waals surface area contributed by atoms with E-state index in [1.807, 2.05) is 0 Å². The third-order valence-electron chi connectivity index (χ3n) is 3.06. The van der Waals surface area contributed by atoms with E-state index >= 15 is 0 Å². The van der Waals surface area contributed by atoms with Gasteiger partial charge < -0.3 is 11.1 Å². The molecule has 0 spiro atoms. The number of likely N-dealkylation sites (N-methyl/N-ethyl adjacent to an activating group) is 1. The van der Waals surface area contributed by atoms with Crippen molar-refractivity contribution in [1.29, 1.82) is 0 Å². The molecule has 15 heavy (non-hydrogen) atoms. The summed E-state index contributed by atoms with van der Waals surface area (Å²) < 4.78 is 0. The summed E-state index contributed by atoms with van der Waals surface area (Å²) in [5.74, 6) is 0.173. The van der Waals surface area contributed by atoms with Crippen LogP contribution in [0, 0.1) is 0 Å². The van der Waals surface area contributed by atoms with Crippen LogP contribution in [-0.2, 0) is 4.79 Å². The number of nitrogens with two attached hydrogens (primary N) is 1. The number of hydrogen-bond acceptors (Lipinski definition) is 3. The first-order valence-corrected chi connectivity index (χ1v) is 5.95. The number of carbonyl (C=O) groups excluding carboxylic acids is 1. The van der Waals surface area contributed by atoms with Gasteiger partial charge >= 0.3 is 0 Å². The molecule has 1 amide bonds. The van der Waals surface area contributed by atoms with Gasteiger partial charge in [-0.3, -0.25) is 9.69 Å². The maximum Gasteiger partial charge on any atom is 0.237 e. The van der Waals surface area contributed by atoms with Crippen LogP contribution >= 0.6 is 0 Å². The topological polar surface area (TPSA) is 58.4 Å². The fourth-order valence-electron chi connectivity index (χ4n) is 2.19. The quantitative estimate of drug-likeness (QED) is 0.625. The maximum atomic E-state index is 11.5. The van der Waals surface area contributed by atoms with E-state index in [9.17, 15) is 4.79 Å². The Morgan fingerprint density at radius 1 is 1.47 bits per heavy atom. The highest BCUT2D eigenvalue weighted by molar-refractivity contribution is 5.81. The highest BCUT2D eigenvalue weighted by Crippen LogP contribution is 2.17. The summed E-state index contributed by atoms with van der Waals surface area (Å²) in [6, 6.07) is 0.118. The van der Waals surface area contributed by atoms with Crippen LogP contribution in [0.25, 0.3) is 0 Å². The standard InChI is InChI=1S/C11H23N3O/c1-13-11(15)10-6-5-9-14(10)8-4-2-3-7-12/h10H,2-9,12H2,1H3,(H,13,15). The van der Waals surface area contributed by atoms with Crippen LogP contribution in [-0.4, -0.2) is 43.5 Å². The highest BCUT2D eigenvalue weighted by atomic mass is 16.2. The van der Waals surface area contributed by atoms with Gasteiger partial charge in [0.2, 0.25) is 5.91 Å². The molecular formula is C11H23N3O. The Morgan fingerprint density at radius 2 is 2.27 bits per heavy atom. The molecule has 1 fully saturated rings. The van der Waals surface area contributed by atoms with Gasteiger partial charge in [-0.1, -0.05) is 6.42 Å². The molecule has 1 saturated heterocycles. The molecule has 0 aromatic carbocycles. The van der Waals surface area contributed by atoms with Crippen molar-refractivity contribution in [3.63, 3.8) is 0 Å². The minimum Gasteiger partial charge on any atom is -0.358 e. The molecule has 3 N–H and O–H groups in total. The van der Waals surface area contributed by atoms with Crippen LogP contribution in [0.15, 0.2) is 0 Å². The molecule has 88 valence electrons. The van der Waals surface area contributed by atoms with E-state index in [2.05, 4.69) is 10.2 Å². The molecule has 1 heterocycles. The second kappa shape index (κ2) is 6.80. The van der Waals surface area contributed by atoms with Gasteiger partial charge in [0.15, 0.2) is 0 Å². The van der Waals surface area contributed by atoms with Crippen LogP contribution in [0.4, 0.5) is 0 Å². The lowest BCUT2D eigenvalue weighted by molar-refractivity contribution is -0.124. The number of amides is 1. The summed E-state index contributed by atoms with van der Waals surface area (Å²) in [5.41, 5.74) is 5.44. The smallest absolute Gasteiger partial charge is 0.237 e. The first-order valence-electron chi connectivity index (χ1n) is 5.95. The van der Waals surface area contributed by atoms with E-state index in [0.29, 0.717) is 0 Å². The molecule has 0 aromatic heterocycles. The van der Waals surface area contributed by atoms with Crippen molar-refractivity contribution in [3.8, 4) is 0 Å². The lowest BCUT2D eigenvalue weighted by Crippen LogP contribution is -2.42. The van der Waals surface area contributed by atoms with Crippen LogP contribution in [0.1, 0.15) is 32.1 Å². The number of nitrogens with one attached hydrogen (secondary N) is 1. The minimum absolute atomic E-state index is 0.118. The number of hydrogen-bond donors (Lipinski definition) is 2. The summed E-state index contributed by atoms with van der Waals surface area (Å²) in [5, 5.41) is 2.74. The normalized spacial score (nSPS) is 21.9. The zero-order valence-electron chi connectivity index (χ0n) is 9.67. The molecule has 0 aliphatic carbocycles. The Hall–Kier alpha value is -0.610. The second-order valence-corrected chi connectivity index (χ2v) is 4.16. The fraction of sp³-hybridized carbons (Fsp3) is 0.909. The summed E-state index contributed by atoms with van der Waals surface area (Å²) in [4.78, 5) is 13.8. The first-order chi connectivity index (χ1) is 7.29. The molecular weight excluding hydrogens is 190 g/mol. The van der Waals surface area contributed by atoms with Gasteiger partial charge in [0.25, 0.3) is 0 Å². The summed E-state index contributed by atoms with van der Waals surface area (Å²) >= 11 is 0. The number of rotatable bonds is 6. The number of nitrogens with zero attached hydrogens (tertiary/aromatic N) is 1. The van der Waals surface area contributed by atoms with E-state index in [1.54, 1.807) is 7.05 Å². The van der Waals surface area contributed by atoms with Gasteiger partial charge in [-0.2, -0.15) is 0 Å². The van der Waals surface area contributed by atoms with Crippen molar-refractivity contribution in [3.05, 3.63) is 0 Å². The average molecular weight is 213 g/mol. The molecule has 1 unspecified atom stereocenters. The van der Waals surface area contributed by atoms with Crippen LogP contribution in [0.3, 0.4) is 0 Å². The van der Waals surface area contributed by atoms with Crippen molar-refractivity contribution >= 4 is 5.91 Å². The van der Waals surface area contributed by atoms with Crippen molar-refractivity contribution in [2.24, 2.45) is 5.73 Å². The third-order valence-corrected chi connectivity index (χ3v) is 3.06. The SMILES string of the molecule is CNC(=O)C1CCCN1CCCCCN. The zero-order valence-corrected chi connectivity index (χ0v) is 9.67. The van der Waals surface area contributed by atoms with Crippen molar-refractivity contribution in [1.82, 2.24) is 10.2 Å².